The molecule has 21 heavy (non-hydrogen) atoms. The van der Waals surface area contributed by atoms with Crippen LogP contribution in [-0.4, -0.2) is 34.8 Å². The fourth-order valence-electron chi connectivity index (χ4n) is 1.86. The molecule has 0 radical (unpaired) electrons. The van der Waals surface area contributed by atoms with Gasteiger partial charge in [0.1, 0.15) is 0 Å². The number of nitrogens with zero attached hydrogens (tertiary/aromatic N) is 2. The van der Waals surface area contributed by atoms with E-state index < -0.39 is 0 Å². The third-order valence-electron chi connectivity index (χ3n) is 2.98. The summed E-state index contributed by atoms with van der Waals surface area (Å²) >= 11 is 0. The first-order chi connectivity index (χ1) is 10.2. The Morgan fingerprint density at radius 2 is 2.05 bits per heavy atom. The molecule has 0 aliphatic carbocycles. The molecule has 0 saturated heterocycles. The first-order valence-corrected chi connectivity index (χ1v) is 6.63. The molecule has 0 spiro atoms. The van der Waals surface area contributed by atoms with Gasteiger partial charge in [-0.05, 0) is 29.8 Å². The second-order valence-electron chi connectivity index (χ2n) is 4.53. The highest BCUT2D eigenvalue weighted by Gasteiger charge is 2.11. The van der Waals surface area contributed by atoms with Crippen LogP contribution in [0.4, 0.5) is 0 Å². The van der Waals surface area contributed by atoms with Crippen molar-refractivity contribution in [3.05, 3.63) is 54.2 Å². The fourth-order valence-corrected chi connectivity index (χ4v) is 1.86. The molecule has 110 valence electrons. The van der Waals surface area contributed by atoms with E-state index in [0.717, 1.165) is 5.56 Å². The Kier molecular flexibility index (Phi) is 5.09. The number of amides is 2. The molecule has 2 aromatic heterocycles. The third kappa shape index (κ3) is 4.45. The average molecular weight is 287 g/mol. The first-order valence-electron chi connectivity index (χ1n) is 6.63. The molecule has 6 heteroatoms. The van der Waals surface area contributed by atoms with Gasteiger partial charge >= 0.3 is 0 Å². The van der Waals surface area contributed by atoms with E-state index in [4.69, 9.17) is 4.42 Å². The topological polar surface area (TPSA) is 75.4 Å². The highest BCUT2D eigenvalue weighted by Crippen LogP contribution is 2.03. The number of furan rings is 1. The van der Waals surface area contributed by atoms with Gasteiger partial charge in [-0.3, -0.25) is 14.6 Å². The van der Waals surface area contributed by atoms with Gasteiger partial charge in [0.15, 0.2) is 5.76 Å². The molecule has 0 aliphatic heterocycles. The van der Waals surface area contributed by atoms with Crippen molar-refractivity contribution in [3.8, 4) is 0 Å². The Morgan fingerprint density at radius 3 is 2.67 bits per heavy atom. The SMILES string of the molecule is CC(=O)N(CCNC(=O)c1ccco1)Cc1ccncc1. The predicted molar refractivity (Wildman–Crippen MR) is 76.4 cm³/mol. The first kappa shape index (κ1) is 14.8. The van der Waals surface area contributed by atoms with E-state index in [0.29, 0.717) is 19.6 Å². The van der Waals surface area contributed by atoms with Crippen molar-refractivity contribution in [1.29, 1.82) is 0 Å². The van der Waals surface area contributed by atoms with Crippen LogP contribution < -0.4 is 5.32 Å². The molecular weight excluding hydrogens is 270 g/mol. The zero-order valence-corrected chi connectivity index (χ0v) is 11.8. The van der Waals surface area contributed by atoms with Crippen molar-refractivity contribution in [2.24, 2.45) is 0 Å². The van der Waals surface area contributed by atoms with E-state index in [9.17, 15) is 9.59 Å². The fraction of sp³-hybridized carbons (Fsp3) is 0.267. The average Bonchev–Trinajstić information content (AvgIpc) is 3.01. The summed E-state index contributed by atoms with van der Waals surface area (Å²) in [6.45, 7) is 2.80. The number of carbonyl (C=O) groups is 2. The second-order valence-corrected chi connectivity index (χ2v) is 4.53. The molecule has 0 atom stereocenters. The monoisotopic (exact) mass is 287 g/mol. The zero-order chi connectivity index (χ0) is 15.1. The van der Waals surface area contributed by atoms with E-state index >= 15 is 0 Å². The van der Waals surface area contributed by atoms with Gasteiger partial charge in [0.05, 0.1) is 6.26 Å². The number of nitrogens with one attached hydrogen (secondary N) is 1. The normalized spacial score (nSPS) is 10.1. The summed E-state index contributed by atoms with van der Waals surface area (Å²) in [6.07, 6.45) is 4.82. The predicted octanol–water partition coefficient (Wildman–Crippen LogP) is 1.45. The van der Waals surface area contributed by atoms with E-state index in [1.165, 1.54) is 13.2 Å². The maximum Gasteiger partial charge on any atom is 0.287 e. The van der Waals surface area contributed by atoms with E-state index in [1.807, 2.05) is 12.1 Å². The van der Waals surface area contributed by atoms with Crippen LogP contribution in [0.2, 0.25) is 0 Å². The highest BCUT2D eigenvalue weighted by molar-refractivity contribution is 5.91. The molecule has 0 saturated carbocycles. The van der Waals surface area contributed by atoms with E-state index in [-0.39, 0.29) is 17.6 Å². The Balaban J connectivity index is 1.83. The maximum atomic E-state index is 11.7. The van der Waals surface area contributed by atoms with Crippen molar-refractivity contribution < 1.29 is 14.0 Å². The summed E-state index contributed by atoms with van der Waals surface area (Å²) in [4.78, 5) is 28.9. The van der Waals surface area contributed by atoms with E-state index in [2.05, 4.69) is 10.3 Å². The second kappa shape index (κ2) is 7.23. The lowest BCUT2D eigenvalue weighted by Gasteiger charge is -2.21. The molecule has 2 heterocycles. The van der Waals surface area contributed by atoms with Crippen LogP contribution in [0, 0.1) is 0 Å². The van der Waals surface area contributed by atoms with Crippen molar-refractivity contribution in [3.63, 3.8) is 0 Å². The number of rotatable bonds is 6. The van der Waals surface area contributed by atoms with Gasteiger partial charge in [-0.1, -0.05) is 0 Å². The van der Waals surface area contributed by atoms with Crippen molar-refractivity contribution in [2.75, 3.05) is 13.1 Å². The molecule has 6 nitrogen and oxygen atoms in total. The highest BCUT2D eigenvalue weighted by atomic mass is 16.3. The van der Waals surface area contributed by atoms with Crippen LogP contribution in [0.25, 0.3) is 0 Å². The zero-order valence-electron chi connectivity index (χ0n) is 11.8. The molecule has 2 aromatic rings. The quantitative estimate of drug-likeness (QED) is 0.872. The molecule has 0 aromatic carbocycles. The van der Waals surface area contributed by atoms with Crippen molar-refractivity contribution >= 4 is 11.8 Å². The number of pyridine rings is 1. The maximum absolute atomic E-state index is 11.7. The summed E-state index contributed by atoms with van der Waals surface area (Å²) < 4.78 is 5.00. The van der Waals surface area contributed by atoms with E-state index in [1.54, 1.807) is 29.4 Å². The number of carbonyl (C=O) groups excluding carboxylic acids is 2. The number of hydrogen-bond acceptors (Lipinski definition) is 4. The summed E-state index contributed by atoms with van der Waals surface area (Å²) in [6, 6.07) is 6.96. The Morgan fingerprint density at radius 1 is 1.29 bits per heavy atom. The number of aromatic nitrogens is 1. The number of hydrogen-bond donors (Lipinski definition) is 1. The minimum atomic E-state index is -0.285. The van der Waals surface area contributed by atoms with Crippen LogP contribution in [0.1, 0.15) is 23.0 Å². The van der Waals surface area contributed by atoms with Crippen LogP contribution in [0.5, 0.6) is 0 Å². The summed E-state index contributed by atoms with van der Waals surface area (Å²) in [5.74, 6) is -0.0648. The third-order valence-corrected chi connectivity index (χ3v) is 2.98. The minimum Gasteiger partial charge on any atom is -0.459 e. The van der Waals surface area contributed by atoms with Gasteiger partial charge in [-0.25, -0.2) is 0 Å². The smallest absolute Gasteiger partial charge is 0.287 e. The molecule has 0 aliphatic rings. The standard InChI is InChI=1S/C15H17N3O3/c1-12(19)18(11-13-4-6-16-7-5-13)9-8-17-15(20)14-3-2-10-21-14/h2-7,10H,8-9,11H2,1H3,(H,17,20). The lowest BCUT2D eigenvalue weighted by Crippen LogP contribution is -2.37. The molecule has 1 N–H and O–H groups in total. The van der Waals surface area contributed by atoms with Gasteiger partial charge in [-0.15, -0.1) is 0 Å². The molecule has 0 bridgehead atoms. The van der Waals surface area contributed by atoms with Crippen LogP contribution in [-0.2, 0) is 11.3 Å². The Hall–Kier alpha value is -2.63. The largest absolute Gasteiger partial charge is 0.459 e. The molecule has 0 unspecified atom stereocenters. The van der Waals surface area contributed by atoms with Gasteiger partial charge in [0.25, 0.3) is 5.91 Å². The lowest BCUT2D eigenvalue weighted by molar-refractivity contribution is -0.129. The van der Waals surface area contributed by atoms with Crippen LogP contribution in [0.15, 0.2) is 47.3 Å². The lowest BCUT2D eigenvalue weighted by atomic mass is 10.2. The van der Waals surface area contributed by atoms with Gasteiger partial charge in [-0.2, -0.15) is 0 Å². The van der Waals surface area contributed by atoms with Gasteiger partial charge in [0.2, 0.25) is 5.91 Å². The molecular formula is C15H17N3O3. The molecule has 2 rings (SSSR count). The summed E-state index contributed by atoms with van der Waals surface area (Å²) in [5.41, 5.74) is 0.998. The molecule has 2 amide bonds. The minimum absolute atomic E-state index is 0.0425. The molecule has 0 fully saturated rings. The van der Waals surface area contributed by atoms with Crippen molar-refractivity contribution in [1.82, 2.24) is 15.2 Å². The summed E-state index contributed by atoms with van der Waals surface area (Å²) in [5, 5.41) is 2.72. The van der Waals surface area contributed by atoms with Gasteiger partial charge < -0.3 is 14.6 Å². The summed E-state index contributed by atoms with van der Waals surface area (Å²) in [7, 11) is 0. The van der Waals surface area contributed by atoms with Crippen LogP contribution >= 0.6 is 0 Å². The van der Waals surface area contributed by atoms with Crippen LogP contribution in [0.3, 0.4) is 0 Å². The Labute approximate surface area is 122 Å². The van der Waals surface area contributed by atoms with Crippen molar-refractivity contribution in [2.45, 2.75) is 13.5 Å². The van der Waals surface area contributed by atoms with Gasteiger partial charge in [0, 0.05) is 39.0 Å². The Bertz CT molecular complexity index is 581.